The molecule has 1 aromatic rings. The smallest absolute Gasteiger partial charge is 0.251 e. The molecule has 0 aliphatic carbocycles. The van der Waals surface area contributed by atoms with Crippen molar-refractivity contribution in [1.29, 1.82) is 0 Å². The number of amides is 1. The van der Waals surface area contributed by atoms with E-state index in [9.17, 15) is 4.79 Å². The van der Waals surface area contributed by atoms with Gasteiger partial charge in [-0.05, 0) is 54.1 Å². The third kappa shape index (κ3) is 3.84. The molecule has 0 fully saturated rings. The van der Waals surface area contributed by atoms with Gasteiger partial charge in [0.25, 0.3) is 5.91 Å². The topological polar surface area (TPSA) is 38.3 Å². The lowest BCUT2D eigenvalue weighted by atomic mass is 10.2. The summed E-state index contributed by atoms with van der Waals surface area (Å²) in [7, 11) is 0. The minimum Gasteiger partial charge on any atom is -0.501 e. The van der Waals surface area contributed by atoms with Crippen LogP contribution in [0.4, 0.5) is 5.69 Å². The SMILES string of the molecule is CCOC=CC(=O)Nc1cccc(I)c1C. The molecule has 0 heterocycles. The van der Waals surface area contributed by atoms with E-state index < -0.39 is 0 Å². The van der Waals surface area contributed by atoms with Gasteiger partial charge in [-0.3, -0.25) is 4.79 Å². The molecule has 0 radical (unpaired) electrons. The Hall–Kier alpha value is -1.04. The van der Waals surface area contributed by atoms with Crippen molar-refractivity contribution in [3.05, 3.63) is 39.7 Å². The summed E-state index contributed by atoms with van der Waals surface area (Å²) >= 11 is 2.24. The van der Waals surface area contributed by atoms with Crippen LogP contribution in [0.25, 0.3) is 0 Å². The van der Waals surface area contributed by atoms with Crippen molar-refractivity contribution in [2.45, 2.75) is 13.8 Å². The first-order valence-electron chi connectivity index (χ1n) is 4.99. The number of carbonyl (C=O) groups is 1. The van der Waals surface area contributed by atoms with Crippen LogP contribution in [0.15, 0.2) is 30.5 Å². The maximum atomic E-state index is 11.5. The predicted molar refractivity (Wildman–Crippen MR) is 73.3 cm³/mol. The molecule has 0 aromatic heterocycles. The van der Waals surface area contributed by atoms with E-state index in [4.69, 9.17) is 4.74 Å². The van der Waals surface area contributed by atoms with Crippen LogP contribution in [0, 0.1) is 10.5 Å². The number of ether oxygens (including phenoxy) is 1. The van der Waals surface area contributed by atoms with Crippen LogP contribution >= 0.6 is 22.6 Å². The summed E-state index contributed by atoms with van der Waals surface area (Å²) in [5, 5.41) is 2.80. The Morgan fingerprint density at radius 3 is 3.00 bits per heavy atom. The van der Waals surface area contributed by atoms with E-state index >= 15 is 0 Å². The summed E-state index contributed by atoms with van der Waals surface area (Å²) in [4.78, 5) is 11.5. The van der Waals surface area contributed by atoms with Gasteiger partial charge in [-0.15, -0.1) is 0 Å². The standard InChI is InChI=1S/C12H14INO2/c1-3-16-8-7-12(15)14-11-6-4-5-10(13)9(11)2/h4-8H,3H2,1-2H3,(H,14,15). The van der Waals surface area contributed by atoms with Crippen LogP contribution < -0.4 is 5.32 Å². The van der Waals surface area contributed by atoms with Gasteiger partial charge in [-0.2, -0.15) is 0 Å². The lowest BCUT2D eigenvalue weighted by molar-refractivity contribution is -0.112. The molecule has 3 nitrogen and oxygen atoms in total. The van der Waals surface area contributed by atoms with Gasteiger partial charge >= 0.3 is 0 Å². The normalized spacial score (nSPS) is 10.4. The molecule has 1 aromatic carbocycles. The highest BCUT2D eigenvalue weighted by atomic mass is 127. The lowest BCUT2D eigenvalue weighted by Crippen LogP contribution is -2.09. The van der Waals surface area contributed by atoms with Crippen LogP contribution in [0.3, 0.4) is 0 Å². The molecule has 16 heavy (non-hydrogen) atoms. The molecule has 0 aliphatic heterocycles. The molecule has 0 saturated carbocycles. The van der Waals surface area contributed by atoms with Gasteiger partial charge in [0.1, 0.15) is 0 Å². The van der Waals surface area contributed by atoms with Gasteiger partial charge in [0.05, 0.1) is 12.9 Å². The first-order chi connectivity index (χ1) is 7.65. The Kier molecular flexibility index (Phi) is 5.31. The fourth-order valence-electron chi connectivity index (χ4n) is 1.12. The summed E-state index contributed by atoms with van der Waals surface area (Å²) < 4.78 is 6.08. The Labute approximate surface area is 109 Å². The van der Waals surface area contributed by atoms with Gasteiger partial charge < -0.3 is 10.1 Å². The van der Waals surface area contributed by atoms with Crippen molar-refractivity contribution in [2.75, 3.05) is 11.9 Å². The Balaban J connectivity index is 2.66. The van der Waals surface area contributed by atoms with Crippen molar-refractivity contribution in [3.63, 3.8) is 0 Å². The van der Waals surface area contributed by atoms with Gasteiger partial charge in [-0.25, -0.2) is 0 Å². The highest BCUT2D eigenvalue weighted by Crippen LogP contribution is 2.20. The Morgan fingerprint density at radius 2 is 2.31 bits per heavy atom. The molecule has 0 aliphatic rings. The van der Waals surface area contributed by atoms with E-state index in [0.29, 0.717) is 6.61 Å². The minimum atomic E-state index is -0.182. The van der Waals surface area contributed by atoms with Crippen LogP contribution in [0.1, 0.15) is 12.5 Å². The van der Waals surface area contributed by atoms with Crippen LogP contribution in [0.5, 0.6) is 0 Å². The molecular weight excluding hydrogens is 317 g/mol. The molecule has 86 valence electrons. The zero-order valence-corrected chi connectivity index (χ0v) is 11.4. The van der Waals surface area contributed by atoms with Gasteiger partial charge in [0.15, 0.2) is 0 Å². The van der Waals surface area contributed by atoms with E-state index in [1.165, 1.54) is 12.3 Å². The second-order valence-electron chi connectivity index (χ2n) is 3.16. The van der Waals surface area contributed by atoms with E-state index in [1.54, 1.807) is 0 Å². The largest absolute Gasteiger partial charge is 0.501 e. The van der Waals surface area contributed by atoms with Crippen molar-refractivity contribution >= 4 is 34.2 Å². The molecule has 0 spiro atoms. The first kappa shape index (κ1) is 13.0. The Bertz CT molecular complexity index is 402. The molecule has 1 rings (SSSR count). The Morgan fingerprint density at radius 1 is 1.56 bits per heavy atom. The third-order valence-corrected chi connectivity index (χ3v) is 3.18. The molecule has 1 amide bonds. The number of anilines is 1. The molecule has 4 heteroatoms. The maximum Gasteiger partial charge on any atom is 0.251 e. The van der Waals surface area contributed by atoms with Crippen molar-refractivity contribution in [1.82, 2.24) is 0 Å². The van der Waals surface area contributed by atoms with Crippen molar-refractivity contribution in [2.24, 2.45) is 0 Å². The molecule has 0 bridgehead atoms. The fourth-order valence-corrected chi connectivity index (χ4v) is 1.62. The molecular formula is C12H14INO2. The summed E-state index contributed by atoms with van der Waals surface area (Å²) in [6.45, 7) is 4.40. The first-order valence-corrected chi connectivity index (χ1v) is 6.07. The van der Waals surface area contributed by atoms with E-state index in [-0.39, 0.29) is 5.91 Å². The molecule has 1 N–H and O–H groups in total. The lowest BCUT2D eigenvalue weighted by Gasteiger charge is -2.07. The number of benzene rings is 1. The minimum absolute atomic E-state index is 0.182. The molecule has 0 saturated heterocycles. The quantitative estimate of drug-likeness (QED) is 0.523. The molecule has 0 unspecified atom stereocenters. The summed E-state index contributed by atoms with van der Waals surface area (Å²) in [5.41, 5.74) is 1.90. The number of hydrogen-bond donors (Lipinski definition) is 1. The second kappa shape index (κ2) is 6.52. The third-order valence-electron chi connectivity index (χ3n) is 2.01. The monoisotopic (exact) mass is 331 g/mol. The summed E-state index contributed by atoms with van der Waals surface area (Å²) in [6, 6.07) is 5.79. The summed E-state index contributed by atoms with van der Waals surface area (Å²) in [5.74, 6) is -0.182. The summed E-state index contributed by atoms with van der Waals surface area (Å²) in [6.07, 6.45) is 2.78. The fraction of sp³-hybridized carbons (Fsp3) is 0.250. The van der Waals surface area contributed by atoms with Crippen LogP contribution in [-0.2, 0) is 9.53 Å². The number of rotatable bonds is 4. The highest BCUT2D eigenvalue weighted by molar-refractivity contribution is 14.1. The number of nitrogens with one attached hydrogen (secondary N) is 1. The van der Waals surface area contributed by atoms with E-state index in [0.717, 1.165) is 14.8 Å². The number of hydrogen-bond acceptors (Lipinski definition) is 2. The van der Waals surface area contributed by atoms with Gasteiger partial charge in [0, 0.05) is 15.3 Å². The predicted octanol–water partition coefficient (Wildman–Crippen LogP) is 3.09. The zero-order chi connectivity index (χ0) is 12.0. The van der Waals surface area contributed by atoms with Gasteiger partial charge in [-0.1, -0.05) is 6.07 Å². The van der Waals surface area contributed by atoms with Crippen LogP contribution in [-0.4, -0.2) is 12.5 Å². The van der Waals surface area contributed by atoms with Crippen LogP contribution in [0.2, 0.25) is 0 Å². The van der Waals surface area contributed by atoms with Crippen molar-refractivity contribution < 1.29 is 9.53 Å². The number of halogens is 1. The molecule has 0 atom stereocenters. The zero-order valence-electron chi connectivity index (χ0n) is 9.29. The maximum absolute atomic E-state index is 11.5. The average Bonchev–Trinajstić information content (AvgIpc) is 2.25. The number of carbonyl (C=O) groups excluding carboxylic acids is 1. The second-order valence-corrected chi connectivity index (χ2v) is 4.32. The average molecular weight is 331 g/mol. The highest BCUT2D eigenvalue weighted by Gasteiger charge is 2.03. The van der Waals surface area contributed by atoms with Crippen molar-refractivity contribution in [3.8, 4) is 0 Å². The van der Waals surface area contributed by atoms with E-state index in [1.807, 2.05) is 32.0 Å². The van der Waals surface area contributed by atoms with E-state index in [2.05, 4.69) is 27.9 Å². The van der Waals surface area contributed by atoms with Gasteiger partial charge in [0.2, 0.25) is 0 Å².